The van der Waals surface area contributed by atoms with Crippen LogP contribution in [-0.4, -0.2) is 40.8 Å². The molecule has 1 saturated heterocycles. The summed E-state index contributed by atoms with van der Waals surface area (Å²) >= 11 is 6.24. The van der Waals surface area contributed by atoms with E-state index in [0.717, 1.165) is 31.5 Å². The maximum Gasteiger partial charge on any atom is 0.256 e. The Morgan fingerprint density at radius 3 is 2.54 bits per heavy atom. The Hall–Kier alpha value is -3.71. The molecule has 0 bridgehead atoms. The second kappa shape index (κ2) is 8.99. The van der Waals surface area contributed by atoms with E-state index in [1.807, 2.05) is 11.0 Å². The van der Waals surface area contributed by atoms with Gasteiger partial charge in [0, 0.05) is 52.9 Å². The number of anilines is 1. The highest BCUT2D eigenvalue weighted by molar-refractivity contribution is 6.31. The zero-order valence-electron chi connectivity index (χ0n) is 19.9. The highest BCUT2D eigenvalue weighted by Crippen LogP contribution is 2.44. The Balaban J connectivity index is 1.26. The zero-order valence-corrected chi connectivity index (χ0v) is 20.7. The number of piperidine rings is 1. The van der Waals surface area contributed by atoms with Gasteiger partial charge in [0.1, 0.15) is 0 Å². The van der Waals surface area contributed by atoms with Gasteiger partial charge >= 0.3 is 0 Å². The number of likely N-dealkylation sites (tertiary alicyclic amines) is 1. The van der Waals surface area contributed by atoms with Crippen LogP contribution < -0.4 is 5.32 Å². The molecule has 6 rings (SSSR count). The molecule has 0 unspecified atom stereocenters. The number of hydrogen-bond acceptors (Lipinski definition) is 3. The molecule has 1 spiro atoms. The first kappa shape index (κ1) is 23.7. The molecule has 4 aromatic rings. The zero-order chi connectivity index (χ0) is 25.7. The number of fused-ring (bicyclic) bond motifs is 3. The van der Waals surface area contributed by atoms with Crippen LogP contribution in [0.25, 0.3) is 10.9 Å². The lowest BCUT2D eigenvalue weighted by atomic mass is 9.74. The lowest BCUT2D eigenvalue weighted by molar-refractivity contribution is 0.0677. The van der Waals surface area contributed by atoms with E-state index in [4.69, 9.17) is 11.6 Å². The van der Waals surface area contributed by atoms with Gasteiger partial charge < -0.3 is 14.8 Å². The minimum atomic E-state index is -1.08. The minimum Gasteiger partial charge on any atom is -0.384 e. The molecule has 1 fully saturated rings. The van der Waals surface area contributed by atoms with E-state index in [1.54, 1.807) is 29.0 Å². The number of rotatable bonds is 4. The highest BCUT2D eigenvalue weighted by Gasteiger charge is 2.42. The van der Waals surface area contributed by atoms with E-state index in [9.17, 15) is 18.4 Å². The molecule has 1 aromatic heterocycles. The van der Waals surface area contributed by atoms with E-state index in [-0.39, 0.29) is 23.4 Å². The van der Waals surface area contributed by atoms with Gasteiger partial charge in [-0.3, -0.25) is 9.59 Å². The Morgan fingerprint density at radius 1 is 0.973 bits per heavy atom. The predicted molar refractivity (Wildman–Crippen MR) is 139 cm³/mol. The lowest BCUT2D eigenvalue weighted by Gasteiger charge is -2.39. The van der Waals surface area contributed by atoms with Gasteiger partial charge in [0.2, 0.25) is 0 Å². The van der Waals surface area contributed by atoms with Crippen LogP contribution in [-0.2, 0) is 12.0 Å². The molecule has 0 radical (unpaired) electrons. The molecule has 1 N–H and O–H groups in total. The molecule has 2 aliphatic rings. The van der Waals surface area contributed by atoms with Gasteiger partial charge in [0.25, 0.3) is 5.91 Å². The molecule has 0 saturated carbocycles. The predicted octanol–water partition coefficient (Wildman–Crippen LogP) is 6.06. The van der Waals surface area contributed by atoms with Crippen LogP contribution in [0.2, 0.25) is 5.02 Å². The molecule has 5 nitrogen and oxygen atoms in total. The first-order valence-electron chi connectivity index (χ1n) is 12.2. The quantitative estimate of drug-likeness (QED) is 0.334. The molecular weight excluding hydrogens is 496 g/mol. The number of carbonyl (C=O) groups is 2. The summed E-state index contributed by atoms with van der Waals surface area (Å²) in [5.41, 5.74) is 3.71. The first-order chi connectivity index (χ1) is 17.8. The highest BCUT2D eigenvalue weighted by atomic mass is 35.5. The summed E-state index contributed by atoms with van der Waals surface area (Å²) in [5, 5.41) is 4.68. The van der Waals surface area contributed by atoms with Gasteiger partial charge in [-0.15, -0.1) is 0 Å². The third kappa shape index (κ3) is 4.07. The summed E-state index contributed by atoms with van der Waals surface area (Å²) in [6.07, 6.45) is 3.39. The number of amides is 1. The van der Waals surface area contributed by atoms with Gasteiger partial charge in [0.05, 0.1) is 17.6 Å². The summed E-state index contributed by atoms with van der Waals surface area (Å²) in [5.74, 6) is -2.59. The van der Waals surface area contributed by atoms with Crippen LogP contribution in [0.3, 0.4) is 0 Å². The number of Topliss-reactive ketones (excluding diaryl/α,β-unsaturated/α-hetero) is 1. The number of carbonyl (C=O) groups excluding carboxylic acids is 2. The van der Waals surface area contributed by atoms with Crippen molar-refractivity contribution < 1.29 is 18.4 Å². The third-order valence-corrected chi connectivity index (χ3v) is 7.99. The Bertz CT molecular complexity index is 1560. The summed E-state index contributed by atoms with van der Waals surface area (Å²) < 4.78 is 28.7. The largest absolute Gasteiger partial charge is 0.384 e. The van der Waals surface area contributed by atoms with E-state index in [2.05, 4.69) is 23.5 Å². The molecule has 3 heterocycles. The van der Waals surface area contributed by atoms with Crippen LogP contribution >= 0.6 is 11.6 Å². The van der Waals surface area contributed by atoms with E-state index < -0.39 is 17.4 Å². The van der Waals surface area contributed by atoms with Crippen LogP contribution in [0.15, 0.2) is 66.9 Å². The second-order valence-corrected chi connectivity index (χ2v) is 10.3. The fourth-order valence-corrected chi connectivity index (χ4v) is 5.86. The number of benzene rings is 3. The average molecular weight is 520 g/mol. The summed E-state index contributed by atoms with van der Waals surface area (Å²) in [6, 6.07) is 16.7. The molecule has 1 amide bonds. The van der Waals surface area contributed by atoms with Crippen molar-refractivity contribution in [2.24, 2.45) is 0 Å². The van der Waals surface area contributed by atoms with Crippen LogP contribution in [0, 0.1) is 11.6 Å². The molecule has 2 aliphatic heterocycles. The van der Waals surface area contributed by atoms with Crippen LogP contribution in [0.4, 0.5) is 14.5 Å². The second-order valence-electron chi connectivity index (χ2n) is 9.86. The molecule has 37 heavy (non-hydrogen) atoms. The lowest BCUT2D eigenvalue weighted by Crippen LogP contribution is -2.46. The van der Waals surface area contributed by atoms with Crippen molar-refractivity contribution in [3.05, 3.63) is 100 Å². The molecule has 8 heteroatoms. The standard InChI is InChI=1S/C29H24ClF2N3O2/c30-19-6-7-20-21(15-35(26(20)14-19)16-27(36)18-5-8-23(31)24(32)13-18)28(37)34-11-9-29(10-12-34)17-33-25-4-2-1-3-22(25)29/h1-8,13-15,33H,9-12,16-17H2. The third-order valence-electron chi connectivity index (χ3n) is 7.75. The van der Waals surface area contributed by atoms with Gasteiger partial charge in [-0.1, -0.05) is 35.9 Å². The molecule has 0 aliphatic carbocycles. The number of nitrogens with zero attached hydrogens (tertiary/aromatic N) is 2. The van der Waals surface area contributed by atoms with Crippen molar-refractivity contribution in [3.8, 4) is 0 Å². The van der Waals surface area contributed by atoms with Crippen LogP contribution in [0.5, 0.6) is 0 Å². The summed E-state index contributed by atoms with van der Waals surface area (Å²) in [6.45, 7) is 1.99. The van der Waals surface area contributed by atoms with Crippen molar-refractivity contribution in [1.82, 2.24) is 9.47 Å². The SMILES string of the molecule is O=C(Cn1cc(C(=O)N2CCC3(CC2)CNc2ccccc23)c2ccc(Cl)cc21)c1ccc(F)c(F)c1. The minimum absolute atomic E-state index is 0.0335. The van der Waals surface area contributed by atoms with Gasteiger partial charge in [-0.25, -0.2) is 8.78 Å². The summed E-state index contributed by atoms with van der Waals surface area (Å²) in [4.78, 5) is 28.4. The van der Waals surface area contributed by atoms with Gasteiger partial charge in [-0.05, 0) is 54.8 Å². The smallest absolute Gasteiger partial charge is 0.256 e. The van der Waals surface area contributed by atoms with E-state index in [0.29, 0.717) is 34.6 Å². The average Bonchev–Trinajstić information content (AvgIpc) is 3.44. The summed E-state index contributed by atoms with van der Waals surface area (Å²) in [7, 11) is 0. The molecular formula is C29H24ClF2N3O2. The van der Waals surface area contributed by atoms with Crippen molar-refractivity contribution in [2.45, 2.75) is 24.8 Å². The first-order valence-corrected chi connectivity index (χ1v) is 12.6. The fourth-order valence-electron chi connectivity index (χ4n) is 5.70. The van der Waals surface area contributed by atoms with Crippen molar-refractivity contribution in [2.75, 3.05) is 25.0 Å². The topological polar surface area (TPSA) is 54.3 Å². The number of aromatic nitrogens is 1. The number of hydrogen-bond donors (Lipinski definition) is 1. The normalized spacial score (nSPS) is 16.1. The Morgan fingerprint density at radius 2 is 1.76 bits per heavy atom. The van der Waals surface area contributed by atoms with Crippen molar-refractivity contribution >= 4 is 39.9 Å². The van der Waals surface area contributed by atoms with E-state index >= 15 is 0 Å². The van der Waals surface area contributed by atoms with Crippen molar-refractivity contribution in [3.63, 3.8) is 0 Å². The molecule has 3 aromatic carbocycles. The molecule has 0 atom stereocenters. The number of halogens is 3. The van der Waals surface area contributed by atoms with Crippen LogP contribution in [0.1, 0.15) is 39.1 Å². The monoisotopic (exact) mass is 519 g/mol. The van der Waals surface area contributed by atoms with Crippen molar-refractivity contribution in [1.29, 1.82) is 0 Å². The maximum atomic E-state index is 13.7. The fraction of sp³-hybridized carbons (Fsp3) is 0.241. The number of para-hydroxylation sites is 1. The number of ketones is 1. The van der Waals surface area contributed by atoms with Gasteiger partial charge in [0.15, 0.2) is 17.4 Å². The van der Waals surface area contributed by atoms with E-state index in [1.165, 1.54) is 17.3 Å². The maximum absolute atomic E-state index is 13.7. The van der Waals surface area contributed by atoms with Gasteiger partial charge in [-0.2, -0.15) is 0 Å². The molecule has 188 valence electrons. The number of nitrogens with one attached hydrogen (secondary N) is 1. The Labute approximate surface area is 217 Å². The Kier molecular flexibility index (Phi) is 5.75.